The summed E-state index contributed by atoms with van der Waals surface area (Å²) >= 11 is 0. The monoisotopic (exact) mass is 424 g/mol. The van der Waals surface area contributed by atoms with Crippen LogP contribution in [0, 0.1) is 6.92 Å². The summed E-state index contributed by atoms with van der Waals surface area (Å²) in [6.07, 6.45) is 2.41. The summed E-state index contributed by atoms with van der Waals surface area (Å²) in [4.78, 5) is 32.2. The van der Waals surface area contributed by atoms with E-state index in [1.165, 1.54) is 4.68 Å². The van der Waals surface area contributed by atoms with Gasteiger partial charge in [-0.05, 0) is 43.9 Å². The number of nitrogens with zero attached hydrogens (tertiary/aromatic N) is 3. The SMILES string of the molecule is COc1ccc(CNC(=O)Nc2cc(C)nn2-c2nc3c(c(=O)[nH]2)CCC3)cc1OC. The van der Waals surface area contributed by atoms with Crippen LogP contribution in [0.4, 0.5) is 10.6 Å². The highest BCUT2D eigenvalue weighted by Crippen LogP contribution is 2.27. The number of amides is 2. The lowest BCUT2D eigenvalue weighted by atomic mass is 10.2. The number of H-pyrrole nitrogens is 1. The maximum Gasteiger partial charge on any atom is 0.320 e. The van der Waals surface area contributed by atoms with Gasteiger partial charge in [0.25, 0.3) is 5.56 Å². The molecule has 0 atom stereocenters. The number of hydrogen-bond donors (Lipinski definition) is 3. The first-order chi connectivity index (χ1) is 15.0. The molecule has 0 spiro atoms. The van der Waals surface area contributed by atoms with Crippen LogP contribution in [0.15, 0.2) is 29.1 Å². The van der Waals surface area contributed by atoms with Crippen molar-refractivity contribution >= 4 is 11.8 Å². The quantitative estimate of drug-likeness (QED) is 0.557. The van der Waals surface area contributed by atoms with Gasteiger partial charge in [0, 0.05) is 18.2 Å². The fraction of sp³-hybridized carbons (Fsp3) is 0.333. The molecule has 0 saturated heterocycles. The van der Waals surface area contributed by atoms with E-state index >= 15 is 0 Å². The highest BCUT2D eigenvalue weighted by molar-refractivity contribution is 5.88. The van der Waals surface area contributed by atoms with Crippen molar-refractivity contribution in [2.75, 3.05) is 19.5 Å². The Hall–Kier alpha value is -3.82. The molecule has 2 amide bonds. The Kier molecular flexibility index (Phi) is 5.61. The molecule has 10 heteroatoms. The molecule has 0 unspecified atom stereocenters. The largest absolute Gasteiger partial charge is 0.493 e. The Morgan fingerprint density at radius 2 is 2.00 bits per heavy atom. The van der Waals surface area contributed by atoms with Crippen LogP contribution in [0.3, 0.4) is 0 Å². The van der Waals surface area contributed by atoms with Gasteiger partial charge in [-0.3, -0.25) is 15.1 Å². The molecule has 1 aliphatic rings. The normalized spacial score (nSPS) is 12.4. The molecular formula is C21H24N6O4. The molecular weight excluding hydrogens is 400 g/mol. The van der Waals surface area contributed by atoms with Crippen LogP contribution in [-0.2, 0) is 19.4 Å². The van der Waals surface area contributed by atoms with E-state index in [2.05, 4.69) is 25.7 Å². The average molecular weight is 424 g/mol. The molecule has 0 radical (unpaired) electrons. The van der Waals surface area contributed by atoms with Gasteiger partial charge in [0.15, 0.2) is 11.5 Å². The average Bonchev–Trinajstić information content (AvgIpc) is 3.38. The van der Waals surface area contributed by atoms with Crippen molar-refractivity contribution in [1.82, 2.24) is 25.1 Å². The summed E-state index contributed by atoms with van der Waals surface area (Å²) < 4.78 is 11.9. The predicted octanol–water partition coefficient (Wildman–Crippen LogP) is 2.09. The first kappa shape index (κ1) is 20.5. The smallest absolute Gasteiger partial charge is 0.320 e. The first-order valence-electron chi connectivity index (χ1n) is 9.93. The van der Waals surface area contributed by atoms with Crippen molar-refractivity contribution in [3.63, 3.8) is 0 Å². The van der Waals surface area contributed by atoms with Gasteiger partial charge in [-0.15, -0.1) is 0 Å². The summed E-state index contributed by atoms with van der Waals surface area (Å²) in [7, 11) is 3.13. The Morgan fingerprint density at radius 1 is 1.19 bits per heavy atom. The highest BCUT2D eigenvalue weighted by atomic mass is 16.5. The number of carbonyl (C=O) groups excluding carboxylic acids is 1. The van der Waals surface area contributed by atoms with Crippen LogP contribution in [0.5, 0.6) is 11.5 Å². The van der Waals surface area contributed by atoms with Gasteiger partial charge in [-0.1, -0.05) is 6.07 Å². The Balaban J connectivity index is 1.49. The van der Waals surface area contributed by atoms with Crippen molar-refractivity contribution < 1.29 is 14.3 Å². The zero-order valence-corrected chi connectivity index (χ0v) is 17.6. The number of aromatic nitrogens is 4. The number of rotatable bonds is 6. The summed E-state index contributed by atoms with van der Waals surface area (Å²) in [5, 5.41) is 9.94. The van der Waals surface area contributed by atoms with E-state index in [0.717, 1.165) is 36.1 Å². The Bertz CT molecular complexity index is 1180. The van der Waals surface area contributed by atoms with E-state index in [-0.39, 0.29) is 18.1 Å². The summed E-state index contributed by atoms with van der Waals surface area (Å²) in [6, 6.07) is 6.71. The Labute approximate surface area is 178 Å². The van der Waals surface area contributed by atoms with E-state index in [1.807, 2.05) is 6.07 Å². The number of hydrogen-bond acceptors (Lipinski definition) is 6. The molecule has 2 aromatic heterocycles. The topological polar surface area (TPSA) is 123 Å². The molecule has 0 fully saturated rings. The molecule has 31 heavy (non-hydrogen) atoms. The molecule has 1 aliphatic carbocycles. The minimum absolute atomic E-state index is 0.158. The number of aromatic amines is 1. The van der Waals surface area contributed by atoms with Gasteiger partial charge in [0.2, 0.25) is 5.95 Å². The molecule has 1 aromatic carbocycles. The van der Waals surface area contributed by atoms with Crippen molar-refractivity contribution in [3.05, 3.63) is 57.1 Å². The van der Waals surface area contributed by atoms with Crippen LogP contribution < -0.4 is 25.7 Å². The van der Waals surface area contributed by atoms with Gasteiger partial charge < -0.3 is 14.8 Å². The van der Waals surface area contributed by atoms with E-state index in [9.17, 15) is 9.59 Å². The van der Waals surface area contributed by atoms with Crippen LogP contribution in [-0.4, -0.2) is 40.0 Å². The fourth-order valence-corrected chi connectivity index (χ4v) is 3.61. The van der Waals surface area contributed by atoms with Crippen molar-refractivity contribution in [3.8, 4) is 17.4 Å². The summed E-state index contributed by atoms with van der Waals surface area (Å²) in [5.74, 6) is 1.89. The molecule has 3 aromatic rings. The third-order valence-electron chi connectivity index (χ3n) is 5.10. The molecule has 0 aliphatic heterocycles. The lowest BCUT2D eigenvalue weighted by molar-refractivity contribution is 0.251. The van der Waals surface area contributed by atoms with E-state index in [1.54, 1.807) is 39.3 Å². The van der Waals surface area contributed by atoms with Crippen LogP contribution >= 0.6 is 0 Å². The zero-order chi connectivity index (χ0) is 22.0. The number of urea groups is 1. The molecule has 3 N–H and O–H groups in total. The number of anilines is 1. The molecule has 0 bridgehead atoms. The van der Waals surface area contributed by atoms with E-state index < -0.39 is 6.03 Å². The van der Waals surface area contributed by atoms with Gasteiger partial charge in [-0.2, -0.15) is 9.78 Å². The first-order valence-corrected chi connectivity index (χ1v) is 9.93. The van der Waals surface area contributed by atoms with E-state index in [0.29, 0.717) is 23.0 Å². The highest BCUT2D eigenvalue weighted by Gasteiger charge is 2.20. The minimum Gasteiger partial charge on any atom is -0.493 e. The number of nitrogens with one attached hydrogen (secondary N) is 3. The lowest BCUT2D eigenvalue weighted by Gasteiger charge is -2.12. The van der Waals surface area contributed by atoms with Crippen LogP contribution in [0.25, 0.3) is 5.95 Å². The molecule has 10 nitrogen and oxygen atoms in total. The van der Waals surface area contributed by atoms with Crippen molar-refractivity contribution in [2.24, 2.45) is 0 Å². The maximum absolute atomic E-state index is 12.5. The summed E-state index contributed by atoms with van der Waals surface area (Å²) in [5.41, 5.74) is 2.89. The third-order valence-corrected chi connectivity index (χ3v) is 5.10. The second-order valence-electron chi connectivity index (χ2n) is 7.25. The lowest BCUT2D eigenvalue weighted by Crippen LogP contribution is -2.29. The van der Waals surface area contributed by atoms with Crippen LogP contribution in [0.2, 0.25) is 0 Å². The van der Waals surface area contributed by atoms with Gasteiger partial charge in [0.1, 0.15) is 5.82 Å². The van der Waals surface area contributed by atoms with Crippen molar-refractivity contribution in [2.45, 2.75) is 32.7 Å². The molecule has 4 rings (SSSR count). The Morgan fingerprint density at radius 3 is 2.77 bits per heavy atom. The number of ether oxygens (including phenoxy) is 2. The molecule has 162 valence electrons. The third kappa shape index (κ3) is 4.23. The number of carbonyl (C=O) groups is 1. The van der Waals surface area contributed by atoms with E-state index in [4.69, 9.17) is 9.47 Å². The van der Waals surface area contributed by atoms with Gasteiger partial charge in [-0.25, -0.2) is 9.78 Å². The van der Waals surface area contributed by atoms with Crippen LogP contribution in [0.1, 0.15) is 28.9 Å². The second kappa shape index (κ2) is 8.50. The summed E-state index contributed by atoms with van der Waals surface area (Å²) in [6.45, 7) is 2.09. The molecule has 0 saturated carbocycles. The number of benzene rings is 1. The fourth-order valence-electron chi connectivity index (χ4n) is 3.61. The maximum atomic E-state index is 12.5. The van der Waals surface area contributed by atoms with Gasteiger partial charge >= 0.3 is 6.03 Å². The number of fused-ring (bicyclic) bond motifs is 1. The standard InChI is InChI=1S/C21H24N6O4/c1-12-9-18(27(26-12)20-23-15-6-4-5-14(15)19(28)25-20)24-21(29)22-11-13-7-8-16(30-2)17(10-13)31-3/h7-10H,4-6,11H2,1-3H3,(H2,22,24,29)(H,23,25,28). The predicted molar refractivity (Wildman–Crippen MR) is 114 cm³/mol. The van der Waals surface area contributed by atoms with Gasteiger partial charge in [0.05, 0.1) is 25.6 Å². The molecule has 2 heterocycles. The van der Waals surface area contributed by atoms with Crippen molar-refractivity contribution in [1.29, 1.82) is 0 Å². The number of aryl methyl sites for hydroxylation is 2. The zero-order valence-electron chi connectivity index (χ0n) is 17.6. The number of methoxy groups -OCH3 is 2. The second-order valence-corrected chi connectivity index (χ2v) is 7.25. The minimum atomic E-state index is -0.417.